The number of pyridine rings is 3. The molecular formula is C23H19N5. The third-order valence-electron chi connectivity index (χ3n) is 4.22. The molecule has 1 aromatic carbocycles. The average molecular weight is 365 g/mol. The van der Waals surface area contributed by atoms with Crippen molar-refractivity contribution in [2.45, 2.75) is 0 Å². The zero-order chi connectivity index (χ0) is 19.2. The number of anilines is 1. The van der Waals surface area contributed by atoms with Crippen LogP contribution in [0.25, 0.3) is 22.8 Å². The molecule has 136 valence electrons. The lowest BCUT2D eigenvalue weighted by atomic mass is 10.1. The van der Waals surface area contributed by atoms with Gasteiger partial charge < -0.3 is 0 Å². The average Bonchev–Trinajstić information content (AvgIpc) is 2.79. The van der Waals surface area contributed by atoms with E-state index in [1.165, 1.54) is 0 Å². The SMILES string of the molecule is CN(/N=C/c1ccccc1)c1cc(-c2ccccn2)nc(-c2ccccn2)c1. The number of hydrogen-bond donors (Lipinski definition) is 0. The highest BCUT2D eigenvalue weighted by molar-refractivity contribution is 5.80. The molecule has 5 nitrogen and oxygen atoms in total. The van der Waals surface area contributed by atoms with Gasteiger partial charge in [0.05, 0.1) is 34.7 Å². The Kier molecular flexibility index (Phi) is 5.15. The highest BCUT2D eigenvalue weighted by Crippen LogP contribution is 2.27. The molecule has 0 unspecified atom stereocenters. The highest BCUT2D eigenvalue weighted by Gasteiger charge is 2.11. The molecule has 0 fully saturated rings. The quantitative estimate of drug-likeness (QED) is 0.381. The van der Waals surface area contributed by atoms with Crippen LogP contribution in [-0.4, -0.2) is 28.2 Å². The predicted molar refractivity (Wildman–Crippen MR) is 113 cm³/mol. The van der Waals surface area contributed by atoms with Crippen molar-refractivity contribution in [3.63, 3.8) is 0 Å². The molecule has 0 saturated heterocycles. The van der Waals surface area contributed by atoms with Crippen molar-refractivity contribution in [1.82, 2.24) is 15.0 Å². The van der Waals surface area contributed by atoms with E-state index in [1.807, 2.05) is 97.1 Å². The van der Waals surface area contributed by atoms with Gasteiger partial charge in [0.1, 0.15) is 0 Å². The van der Waals surface area contributed by atoms with Gasteiger partial charge in [-0.2, -0.15) is 5.10 Å². The smallest absolute Gasteiger partial charge is 0.0915 e. The lowest BCUT2D eigenvalue weighted by molar-refractivity contribution is 1.02. The molecule has 0 bridgehead atoms. The fourth-order valence-electron chi connectivity index (χ4n) is 2.75. The van der Waals surface area contributed by atoms with Crippen LogP contribution in [0.2, 0.25) is 0 Å². The van der Waals surface area contributed by atoms with Crippen LogP contribution in [0.4, 0.5) is 5.69 Å². The first-order chi connectivity index (χ1) is 13.8. The number of nitrogens with zero attached hydrogens (tertiary/aromatic N) is 5. The molecule has 0 N–H and O–H groups in total. The minimum absolute atomic E-state index is 0.778. The van der Waals surface area contributed by atoms with E-state index in [2.05, 4.69) is 15.1 Å². The summed E-state index contributed by atoms with van der Waals surface area (Å²) < 4.78 is 0. The normalized spacial score (nSPS) is 10.9. The first kappa shape index (κ1) is 17.5. The summed E-state index contributed by atoms with van der Waals surface area (Å²) in [5.41, 5.74) is 5.12. The lowest BCUT2D eigenvalue weighted by Crippen LogP contribution is -2.10. The summed E-state index contributed by atoms with van der Waals surface area (Å²) in [5, 5.41) is 6.40. The first-order valence-corrected chi connectivity index (χ1v) is 8.97. The second kappa shape index (κ2) is 8.22. The maximum atomic E-state index is 4.77. The van der Waals surface area contributed by atoms with Crippen LogP contribution in [-0.2, 0) is 0 Å². The highest BCUT2D eigenvalue weighted by atomic mass is 15.4. The zero-order valence-corrected chi connectivity index (χ0v) is 15.5. The minimum Gasteiger partial charge on any atom is -0.268 e. The Morgan fingerprint density at radius 3 is 1.82 bits per heavy atom. The van der Waals surface area contributed by atoms with Crippen molar-refractivity contribution in [2.24, 2.45) is 5.10 Å². The van der Waals surface area contributed by atoms with Crippen molar-refractivity contribution in [2.75, 3.05) is 12.1 Å². The van der Waals surface area contributed by atoms with Gasteiger partial charge in [-0.25, -0.2) is 4.98 Å². The third-order valence-corrected chi connectivity index (χ3v) is 4.22. The Labute approximate surface area is 164 Å². The van der Waals surface area contributed by atoms with Crippen LogP contribution >= 0.6 is 0 Å². The van der Waals surface area contributed by atoms with Crippen LogP contribution in [0, 0.1) is 0 Å². The Morgan fingerprint density at radius 2 is 1.29 bits per heavy atom. The lowest BCUT2D eigenvalue weighted by Gasteiger charge is -2.15. The molecule has 3 heterocycles. The van der Waals surface area contributed by atoms with Gasteiger partial charge in [-0.05, 0) is 42.0 Å². The molecule has 3 aromatic heterocycles. The van der Waals surface area contributed by atoms with E-state index in [9.17, 15) is 0 Å². The molecule has 5 heteroatoms. The standard InChI is InChI=1S/C23H19N5/c1-28(26-17-18-9-3-2-4-10-18)19-15-22(20-11-5-7-13-24-20)27-23(16-19)21-12-6-8-14-25-21/h2-17H,1H3/b26-17+. The summed E-state index contributed by atoms with van der Waals surface area (Å²) in [5.74, 6) is 0. The molecule has 0 aliphatic rings. The molecule has 0 atom stereocenters. The minimum atomic E-state index is 0.778. The molecule has 0 radical (unpaired) electrons. The van der Waals surface area contributed by atoms with Gasteiger partial charge in [-0.3, -0.25) is 15.0 Å². The van der Waals surface area contributed by atoms with Crippen molar-refractivity contribution in [1.29, 1.82) is 0 Å². The van der Waals surface area contributed by atoms with Crippen LogP contribution < -0.4 is 5.01 Å². The summed E-state index contributed by atoms with van der Waals surface area (Å²) in [6.07, 6.45) is 5.37. The fraction of sp³-hybridized carbons (Fsp3) is 0.0435. The molecule has 28 heavy (non-hydrogen) atoms. The molecule has 0 aliphatic heterocycles. The molecule has 0 aliphatic carbocycles. The number of hydrogen-bond acceptors (Lipinski definition) is 5. The summed E-state index contributed by atoms with van der Waals surface area (Å²) in [4.78, 5) is 13.6. The van der Waals surface area contributed by atoms with Gasteiger partial charge in [-0.15, -0.1) is 0 Å². The molecule has 0 spiro atoms. The van der Waals surface area contributed by atoms with E-state index in [0.29, 0.717) is 0 Å². The predicted octanol–water partition coefficient (Wildman–Crippen LogP) is 4.68. The van der Waals surface area contributed by atoms with Crippen molar-refractivity contribution >= 4 is 11.9 Å². The van der Waals surface area contributed by atoms with Gasteiger partial charge in [0.15, 0.2) is 0 Å². The molecule has 4 rings (SSSR count). The Hall–Kier alpha value is -3.86. The van der Waals surface area contributed by atoms with Crippen LogP contribution in [0.5, 0.6) is 0 Å². The summed E-state index contributed by atoms with van der Waals surface area (Å²) in [6.45, 7) is 0. The molecule has 0 saturated carbocycles. The summed E-state index contributed by atoms with van der Waals surface area (Å²) >= 11 is 0. The molecule has 0 amide bonds. The topological polar surface area (TPSA) is 54.3 Å². The van der Waals surface area contributed by atoms with Crippen molar-refractivity contribution < 1.29 is 0 Å². The Bertz CT molecular complexity index is 1010. The second-order valence-corrected chi connectivity index (χ2v) is 6.20. The zero-order valence-electron chi connectivity index (χ0n) is 15.5. The van der Waals surface area contributed by atoms with Crippen molar-refractivity contribution in [3.8, 4) is 22.8 Å². The van der Waals surface area contributed by atoms with Crippen LogP contribution in [0.3, 0.4) is 0 Å². The van der Waals surface area contributed by atoms with Crippen molar-refractivity contribution in [3.05, 3.63) is 96.8 Å². The fourth-order valence-corrected chi connectivity index (χ4v) is 2.75. The maximum Gasteiger partial charge on any atom is 0.0915 e. The molecular weight excluding hydrogens is 346 g/mol. The Balaban J connectivity index is 1.74. The van der Waals surface area contributed by atoms with Gasteiger partial charge in [-0.1, -0.05) is 42.5 Å². The number of benzene rings is 1. The number of hydrazone groups is 1. The monoisotopic (exact) mass is 365 g/mol. The second-order valence-electron chi connectivity index (χ2n) is 6.20. The first-order valence-electron chi connectivity index (χ1n) is 8.97. The van der Waals surface area contributed by atoms with E-state index in [-0.39, 0.29) is 0 Å². The van der Waals surface area contributed by atoms with Crippen LogP contribution in [0.15, 0.2) is 96.4 Å². The van der Waals surface area contributed by atoms with Gasteiger partial charge in [0, 0.05) is 19.4 Å². The summed E-state index contributed by atoms with van der Waals surface area (Å²) in [7, 11) is 1.92. The Morgan fingerprint density at radius 1 is 0.714 bits per heavy atom. The van der Waals surface area contributed by atoms with E-state index < -0.39 is 0 Å². The molecule has 4 aromatic rings. The van der Waals surface area contributed by atoms with E-state index >= 15 is 0 Å². The largest absolute Gasteiger partial charge is 0.268 e. The van der Waals surface area contributed by atoms with E-state index in [1.54, 1.807) is 12.4 Å². The van der Waals surface area contributed by atoms with E-state index in [4.69, 9.17) is 4.98 Å². The van der Waals surface area contributed by atoms with Gasteiger partial charge in [0.2, 0.25) is 0 Å². The van der Waals surface area contributed by atoms with E-state index in [0.717, 1.165) is 34.0 Å². The third kappa shape index (κ3) is 4.10. The van der Waals surface area contributed by atoms with Gasteiger partial charge in [0.25, 0.3) is 0 Å². The van der Waals surface area contributed by atoms with Gasteiger partial charge >= 0.3 is 0 Å². The number of aromatic nitrogens is 3. The maximum absolute atomic E-state index is 4.77. The van der Waals surface area contributed by atoms with Crippen LogP contribution in [0.1, 0.15) is 5.56 Å². The number of rotatable bonds is 5. The summed E-state index contributed by atoms with van der Waals surface area (Å²) in [6, 6.07) is 25.6.